The fourth-order valence-electron chi connectivity index (χ4n) is 2.24. The van der Waals surface area contributed by atoms with Gasteiger partial charge in [-0.15, -0.1) is 12.6 Å². The van der Waals surface area contributed by atoms with Crippen molar-refractivity contribution in [3.63, 3.8) is 0 Å². The van der Waals surface area contributed by atoms with Gasteiger partial charge in [0.25, 0.3) is 0 Å². The van der Waals surface area contributed by atoms with Crippen LogP contribution < -0.4 is 5.32 Å². The molecular weight excluding hydrogens is 336 g/mol. The van der Waals surface area contributed by atoms with Gasteiger partial charge < -0.3 is 15.5 Å². The van der Waals surface area contributed by atoms with Crippen molar-refractivity contribution < 1.29 is 15.0 Å². The minimum absolute atomic E-state index is 0.0301. The minimum atomic E-state index is -1.11. The van der Waals surface area contributed by atoms with Crippen molar-refractivity contribution in [2.24, 2.45) is 0 Å². The Balaban J connectivity index is 2.19. The van der Waals surface area contributed by atoms with E-state index in [9.17, 15) is 15.0 Å². The second-order valence-corrected chi connectivity index (χ2v) is 5.76. The third-order valence-corrected chi connectivity index (χ3v) is 3.88. The molecule has 23 heavy (non-hydrogen) atoms. The van der Waals surface area contributed by atoms with E-state index in [1.807, 2.05) is 0 Å². The zero-order valence-corrected chi connectivity index (χ0v) is 13.3. The minimum Gasteiger partial charge on any atom is -0.508 e. The van der Waals surface area contributed by atoms with Crippen LogP contribution in [0.5, 0.6) is 5.75 Å². The lowest BCUT2D eigenvalue weighted by atomic mass is 10.1. The van der Waals surface area contributed by atoms with Crippen LogP contribution in [0.25, 0.3) is 10.9 Å². The Bertz CT molecular complexity index is 925. The van der Waals surface area contributed by atoms with Crippen molar-refractivity contribution in [2.75, 3.05) is 5.32 Å². The molecule has 3 N–H and O–H groups in total. The van der Waals surface area contributed by atoms with Crippen molar-refractivity contribution in [2.45, 2.75) is 4.90 Å². The van der Waals surface area contributed by atoms with Crippen LogP contribution in [-0.4, -0.2) is 21.2 Å². The molecule has 0 aliphatic heterocycles. The van der Waals surface area contributed by atoms with Crippen molar-refractivity contribution in [3.8, 4) is 5.75 Å². The lowest BCUT2D eigenvalue weighted by Gasteiger charge is -2.14. The molecule has 0 aliphatic rings. The highest BCUT2D eigenvalue weighted by Crippen LogP contribution is 2.34. The van der Waals surface area contributed by atoms with Crippen LogP contribution in [0.2, 0.25) is 5.02 Å². The van der Waals surface area contributed by atoms with Crippen molar-refractivity contribution in [1.29, 1.82) is 0 Å². The monoisotopic (exact) mass is 346 g/mol. The number of nitrogens with one attached hydrogen (secondary N) is 1. The molecule has 3 aromatic rings. The number of nitrogens with zero attached hydrogens (tertiary/aromatic N) is 1. The summed E-state index contributed by atoms with van der Waals surface area (Å²) in [4.78, 5) is 16.1. The van der Waals surface area contributed by atoms with E-state index in [4.69, 9.17) is 11.6 Å². The maximum absolute atomic E-state index is 11.4. The normalized spacial score (nSPS) is 10.7. The van der Waals surface area contributed by atoms with Gasteiger partial charge in [-0.05, 0) is 30.3 Å². The van der Waals surface area contributed by atoms with E-state index in [1.54, 1.807) is 24.4 Å². The van der Waals surface area contributed by atoms with Crippen LogP contribution in [0.4, 0.5) is 11.4 Å². The van der Waals surface area contributed by atoms with E-state index in [0.29, 0.717) is 26.5 Å². The average molecular weight is 347 g/mol. The molecule has 7 heteroatoms. The van der Waals surface area contributed by atoms with Crippen LogP contribution in [0.3, 0.4) is 0 Å². The first-order valence-corrected chi connectivity index (χ1v) is 7.39. The van der Waals surface area contributed by atoms with Gasteiger partial charge in [0.2, 0.25) is 0 Å². The number of aromatic carboxylic acids is 1. The number of halogens is 1. The van der Waals surface area contributed by atoms with Crippen LogP contribution in [0.15, 0.2) is 47.5 Å². The molecule has 0 unspecified atom stereocenters. The second kappa shape index (κ2) is 5.98. The Kier molecular flexibility index (Phi) is 4.02. The highest BCUT2D eigenvalue weighted by molar-refractivity contribution is 7.80. The maximum Gasteiger partial charge on any atom is 0.337 e. The lowest BCUT2D eigenvalue weighted by Crippen LogP contribution is -2.03. The Morgan fingerprint density at radius 1 is 1.22 bits per heavy atom. The van der Waals surface area contributed by atoms with Gasteiger partial charge in [-0.2, -0.15) is 0 Å². The summed E-state index contributed by atoms with van der Waals surface area (Å²) >= 11 is 10.4. The summed E-state index contributed by atoms with van der Waals surface area (Å²) in [6.07, 6.45) is 1.56. The first-order valence-electron chi connectivity index (χ1n) is 6.56. The Morgan fingerprint density at radius 2 is 2.00 bits per heavy atom. The number of carboxylic acid groups (broad SMARTS) is 1. The van der Waals surface area contributed by atoms with Crippen molar-refractivity contribution in [3.05, 3.63) is 53.2 Å². The number of phenolic OH excluding ortho intramolecular Hbond substituents is 1. The first kappa shape index (κ1) is 15.5. The molecule has 0 aliphatic carbocycles. The third-order valence-electron chi connectivity index (χ3n) is 3.30. The Hall–Kier alpha value is -2.44. The molecule has 0 fully saturated rings. The van der Waals surface area contributed by atoms with Gasteiger partial charge in [0.1, 0.15) is 5.75 Å². The topological polar surface area (TPSA) is 82.5 Å². The van der Waals surface area contributed by atoms with Gasteiger partial charge in [0.05, 0.1) is 22.5 Å². The zero-order valence-electron chi connectivity index (χ0n) is 11.6. The number of fused-ring (bicyclic) bond motifs is 1. The summed E-state index contributed by atoms with van der Waals surface area (Å²) in [6, 6.07) is 9.18. The highest BCUT2D eigenvalue weighted by Gasteiger charge is 2.14. The van der Waals surface area contributed by atoms with E-state index in [2.05, 4.69) is 22.9 Å². The molecule has 116 valence electrons. The summed E-state index contributed by atoms with van der Waals surface area (Å²) < 4.78 is 0. The lowest BCUT2D eigenvalue weighted by molar-refractivity contribution is 0.0698. The van der Waals surface area contributed by atoms with E-state index in [-0.39, 0.29) is 17.0 Å². The fraction of sp³-hybridized carbons (Fsp3) is 0. The molecule has 0 saturated heterocycles. The fourth-order valence-corrected chi connectivity index (χ4v) is 2.65. The van der Waals surface area contributed by atoms with Gasteiger partial charge in [-0.3, -0.25) is 4.98 Å². The number of anilines is 2. The van der Waals surface area contributed by atoms with Crippen molar-refractivity contribution in [1.82, 2.24) is 4.98 Å². The molecule has 2 aromatic carbocycles. The highest BCUT2D eigenvalue weighted by atomic mass is 35.5. The molecule has 0 radical (unpaired) electrons. The number of carbonyl (C=O) groups is 1. The molecule has 0 bridgehead atoms. The maximum atomic E-state index is 11.4. The zero-order chi connectivity index (χ0) is 16.6. The second-order valence-electron chi connectivity index (χ2n) is 4.84. The molecule has 0 saturated carbocycles. The quantitative estimate of drug-likeness (QED) is 0.531. The number of hydrogen-bond donors (Lipinski definition) is 4. The number of aromatic hydroxyl groups is 1. The summed E-state index contributed by atoms with van der Waals surface area (Å²) in [5.74, 6) is -1.15. The van der Waals surface area contributed by atoms with Gasteiger partial charge in [-0.1, -0.05) is 11.6 Å². The average Bonchev–Trinajstić information content (AvgIpc) is 2.50. The number of phenols is 1. The standard InChI is InChI=1S/C16H11ClN2O3S/c17-8-1-4-12-11(5-8)15(14(23)7-18-12)19-13-6-9(20)2-3-10(13)16(21)22/h1-7,20,23H,(H,18,19)(H,21,22). The number of rotatable bonds is 3. The van der Waals surface area contributed by atoms with Crippen LogP contribution in [0.1, 0.15) is 10.4 Å². The largest absolute Gasteiger partial charge is 0.508 e. The predicted molar refractivity (Wildman–Crippen MR) is 92.4 cm³/mol. The summed E-state index contributed by atoms with van der Waals surface area (Å²) in [5.41, 5.74) is 1.53. The summed E-state index contributed by atoms with van der Waals surface area (Å²) in [7, 11) is 0. The smallest absolute Gasteiger partial charge is 0.337 e. The molecule has 5 nitrogen and oxygen atoms in total. The molecule has 0 amide bonds. The van der Waals surface area contributed by atoms with E-state index in [1.165, 1.54) is 18.2 Å². The number of carboxylic acids is 1. The van der Waals surface area contributed by atoms with Gasteiger partial charge >= 0.3 is 5.97 Å². The van der Waals surface area contributed by atoms with E-state index in [0.717, 1.165) is 0 Å². The SMILES string of the molecule is O=C(O)c1ccc(O)cc1Nc1c(S)cnc2ccc(Cl)cc12. The van der Waals surface area contributed by atoms with E-state index >= 15 is 0 Å². The predicted octanol–water partition coefficient (Wildman–Crippen LogP) is 4.32. The molecule has 1 heterocycles. The number of hydrogen-bond acceptors (Lipinski definition) is 5. The van der Waals surface area contributed by atoms with Gasteiger partial charge in [0.15, 0.2) is 0 Å². The number of benzene rings is 2. The van der Waals surface area contributed by atoms with Crippen LogP contribution in [-0.2, 0) is 0 Å². The molecule has 0 atom stereocenters. The summed E-state index contributed by atoms with van der Waals surface area (Å²) in [6.45, 7) is 0. The number of thiol groups is 1. The first-order chi connectivity index (χ1) is 11.0. The van der Waals surface area contributed by atoms with Gasteiger partial charge in [0, 0.05) is 27.6 Å². The van der Waals surface area contributed by atoms with Crippen LogP contribution in [0, 0.1) is 0 Å². The number of aromatic nitrogens is 1. The molecule has 3 rings (SSSR count). The number of pyridine rings is 1. The van der Waals surface area contributed by atoms with Gasteiger partial charge in [-0.25, -0.2) is 4.79 Å². The van der Waals surface area contributed by atoms with Crippen LogP contribution >= 0.6 is 24.2 Å². The summed E-state index contributed by atoms with van der Waals surface area (Å²) in [5, 5.41) is 23.2. The van der Waals surface area contributed by atoms with E-state index < -0.39 is 5.97 Å². The third kappa shape index (κ3) is 3.04. The van der Waals surface area contributed by atoms with Crippen molar-refractivity contribution >= 4 is 52.5 Å². The Morgan fingerprint density at radius 3 is 2.74 bits per heavy atom. The Labute approximate surface area is 142 Å². The molecule has 0 spiro atoms. The molecule has 1 aromatic heterocycles. The molecular formula is C16H11ClN2O3S.